The number of amides is 3. The van der Waals surface area contributed by atoms with Crippen LogP contribution in [0.25, 0.3) is 27.6 Å². The maximum absolute atomic E-state index is 14.7. The molecule has 4 heterocycles. The van der Waals surface area contributed by atoms with Crippen LogP contribution in [-0.4, -0.2) is 115 Å². The average Bonchev–Trinajstić information content (AvgIpc) is 3.54. The number of carbonyl (C=O) groups is 4. The zero-order chi connectivity index (χ0) is 48.1. The highest BCUT2D eigenvalue weighted by atomic mass is 19.4. The summed E-state index contributed by atoms with van der Waals surface area (Å²) in [6.07, 6.45) is 0.0299. The monoisotopic (exact) mass is 916 g/mol. The molecule has 16 heteroatoms. The first-order valence-electron chi connectivity index (χ1n) is 22.5. The van der Waals surface area contributed by atoms with E-state index in [9.17, 15) is 32.3 Å². The van der Waals surface area contributed by atoms with Crippen molar-refractivity contribution >= 4 is 46.4 Å². The molecule has 1 aromatic heterocycles. The maximum Gasteiger partial charge on any atom is 0.406 e. The number of cyclic esters (lactones) is 1. The fourth-order valence-corrected chi connectivity index (χ4v) is 8.86. The molecule has 6 bridgehead atoms. The van der Waals surface area contributed by atoms with Gasteiger partial charge in [0.1, 0.15) is 18.6 Å². The van der Waals surface area contributed by atoms with Gasteiger partial charge in [0.25, 0.3) is 5.91 Å². The Bertz CT molecular complexity index is 2380. The normalized spacial score (nSPS) is 20.9. The molecule has 2 fully saturated rings. The Kier molecular flexibility index (Phi) is 15.8. The van der Waals surface area contributed by atoms with Crippen LogP contribution >= 0.6 is 0 Å². The van der Waals surface area contributed by atoms with Crippen LogP contribution in [0, 0.1) is 17.3 Å². The number of ether oxygens (including phenoxy) is 3. The highest BCUT2D eigenvalue weighted by Gasteiger charge is 2.39. The first-order chi connectivity index (χ1) is 31.3. The SMILES string of the molecule is C=CC(=O)N1CC(OCC(C(=O)N[C@H]2Cc3cccc(c3)-c3ccc4c(c3)c(c(/C(C=C)=C(/N=CC)[C@H](C)OC)n4CC(F)(F)F)CC(C)(C)COC(=O)[C@@H]3CCCN(N3)C2=O)C(C)C)C1. The molecule has 13 nitrogen and oxygen atoms in total. The van der Waals surface area contributed by atoms with Crippen LogP contribution in [0.1, 0.15) is 71.2 Å². The lowest BCUT2D eigenvalue weighted by molar-refractivity contribution is -0.155. The van der Waals surface area contributed by atoms with Crippen LogP contribution < -0.4 is 10.7 Å². The molecule has 4 atom stereocenters. The molecule has 0 spiro atoms. The van der Waals surface area contributed by atoms with Crippen LogP contribution in [0.2, 0.25) is 0 Å². The van der Waals surface area contributed by atoms with Crippen LogP contribution in [0.3, 0.4) is 0 Å². The van der Waals surface area contributed by atoms with Gasteiger partial charge in [0.15, 0.2) is 0 Å². The van der Waals surface area contributed by atoms with E-state index in [0.29, 0.717) is 64.8 Å². The van der Waals surface area contributed by atoms with E-state index in [1.54, 1.807) is 37.1 Å². The molecule has 2 N–H and O–H groups in total. The molecule has 3 aromatic rings. The van der Waals surface area contributed by atoms with E-state index in [-0.39, 0.29) is 62.1 Å². The van der Waals surface area contributed by atoms with Gasteiger partial charge in [-0.3, -0.25) is 29.2 Å². The highest BCUT2D eigenvalue weighted by molar-refractivity contribution is 5.96. The van der Waals surface area contributed by atoms with Crippen molar-refractivity contribution in [1.82, 2.24) is 25.2 Å². The van der Waals surface area contributed by atoms with Gasteiger partial charge in [-0.1, -0.05) is 77.3 Å². The number of nitrogens with one attached hydrogen (secondary N) is 2. The van der Waals surface area contributed by atoms with Gasteiger partial charge >= 0.3 is 12.1 Å². The number of benzene rings is 2. The van der Waals surface area contributed by atoms with Gasteiger partial charge in [-0.15, -0.1) is 0 Å². The van der Waals surface area contributed by atoms with Crippen molar-refractivity contribution in [3.05, 3.63) is 90.3 Å². The molecule has 0 aliphatic carbocycles. The van der Waals surface area contributed by atoms with Crippen molar-refractivity contribution in [2.45, 2.75) is 104 Å². The minimum atomic E-state index is -4.60. The van der Waals surface area contributed by atoms with Crippen molar-refractivity contribution in [3.63, 3.8) is 0 Å². The number of rotatable bonds is 13. The van der Waals surface area contributed by atoms with E-state index < -0.39 is 54.1 Å². The number of hydrogen-bond acceptors (Lipinski definition) is 9. The van der Waals surface area contributed by atoms with Gasteiger partial charge < -0.3 is 29.0 Å². The van der Waals surface area contributed by atoms with Gasteiger partial charge in [-0.25, -0.2) is 5.43 Å². The van der Waals surface area contributed by atoms with E-state index in [1.165, 1.54) is 28.8 Å². The summed E-state index contributed by atoms with van der Waals surface area (Å²) in [7, 11) is 1.50. The second-order valence-corrected chi connectivity index (χ2v) is 18.5. The summed E-state index contributed by atoms with van der Waals surface area (Å²) >= 11 is 0. The Balaban J connectivity index is 1.46. The second kappa shape index (κ2) is 20.9. The van der Waals surface area contributed by atoms with Crippen LogP contribution in [0.4, 0.5) is 13.2 Å². The van der Waals surface area contributed by atoms with Crippen LogP contribution in [0.5, 0.6) is 0 Å². The first kappa shape index (κ1) is 49.8. The number of alkyl halides is 3. The van der Waals surface area contributed by atoms with Gasteiger partial charge in [0.05, 0.1) is 42.7 Å². The Labute approximate surface area is 385 Å². The number of nitrogens with zero attached hydrogens (tertiary/aromatic N) is 4. The lowest BCUT2D eigenvalue weighted by atomic mass is 9.84. The van der Waals surface area contributed by atoms with E-state index >= 15 is 0 Å². The molecule has 6 rings (SSSR count). The zero-order valence-electron chi connectivity index (χ0n) is 39.0. The van der Waals surface area contributed by atoms with E-state index in [2.05, 4.69) is 28.9 Å². The summed E-state index contributed by atoms with van der Waals surface area (Å²) < 4.78 is 63.1. The number of hydrazine groups is 1. The van der Waals surface area contributed by atoms with Crippen molar-refractivity contribution in [3.8, 4) is 11.1 Å². The van der Waals surface area contributed by atoms with Crippen molar-refractivity contribution < 1.29 is 46.6 Å². The number of methoxy groups -OCH3 is 1. The Morgan fingerprint density at radius 3 is 2.45 bits per heavy atom. The summed E-state index contributed by atoms with van der Waals surface area (Å²) in [5.41, 5.74) is 6.43. The molecular formula is C50H63F3N6O7. The smallest absolute Gasteiger partial charge is 0.406 e. The van der Waals surface area contributed by atoms with Crippen molar-refractivity contribution in [2.75, 3.05) is 40.0 Å². The molecule has 356 valence electrons. The summed E-state index contributed by atoms with van der Waals surface area (Å²) in [6.45, 7) is 18.4. The predicted octanol–water partition coefficient (Wildman–Crippen LogP) is 7.23. The Morgan fingerprint density at radius 2 is 1.80 bits per heavy atom. The van der Waals surface area contributed by atoms with Crippen molar-refractivity contribution in [2.24, 2.45) is 22.2 Å². The van der Waals surface area contributed by atoms with E-state index in [4.69, 9.17) is 14.2 Å². The third-order valence-corrected chi connectivity index (χ3v) is 12.5. The lowest BCUT2D eigenvalue weighted by Gasteiger charge is -2.39. The van der Waals surface area contributed by atoms with Gasteiger partial charge in [-0.05, 0) is 79.5 Å². The molecule has 66 heavy (non-hydrogen) atoms. The Hall–Kier alpha value is -5.58. The molecular weight excluding hydrogens is 854 g/mol. The number of aromatic nitrogens is 1. The fraction of sp³-hybridized carbons (Fsp3) is 0.500. The van der Waals surface area contributed by atoms with Crippen LogP contribution in [0.15, 0.2) is 78.5 Å². The van der Waals surface area contributed by atoms with Crippen LogP contribution in [-0.2, 0) is 52.8 Å². The minimum absolute atomic E-state index is 0.0758. The zero-order valence-corrected chi connectivity index (χ0v) is 39.0. The number of esters is 1. The van der Waals surface area contributed by atoms with Gasteiger partial charge in [0.2, 0.25) is 11.8 Å². The molecule has 1 unspecified atom stereocenters. The fourth-order valence-electron chi connectivity index (χ4n) is 8.86. The number of likely N-dealkylation sites (tertiary alicyclic amines) is 1. The largest absolute Gasteiger partial charge is 0.464 e. The summed E-state index contributed by atoms with van der Waals surface area (Å²) in [6, 6.07) is 10.9. The quantitative estimate of drug-likeness (QED) is 0.0792. The molecule has 0 saturated carbocycles. The number of halogens is 3. The minimum Gasteiger partial charge on any atom is -0.464 e. The molecule has 2 saturated heterocycles. The number of fused-ring (bicyclic) bond motifs is 6. The predicted molar refractivity (Wildman–Crippen MR) is 248 cm³/mol. The maximum atomic E-state index is 14.7. The molecule has 3 amide bonds. The van der Waals surface area contributed by atoms with E-state index in [0.717, 1.165) is 5.56 Å². The summed E-state index contributed by atoms with van der Waals surface area (Å²) in [5, 5.41) is 4.97. The number of carbonyl (C=O) groups excluding carboxylic acids is 4. The molecule has 0 radical (unpaired) electrons. The van der Waals surface area contributed by atoms with Gasteiger partial charge in [-0.2, -0.15) is 13.2 Å². The standard InChI is InChI=1S/C50H63F3N6O7/c1-10-36(44(54-12-3)31(6)64-9)45-38-24-49(7,8)29-66-48(63)40-17-14-20-59(56-40)47(62)41(55-46(61)39(30(4)5)27-65-35-25-57(26-35)43(60)11-2)22-32-15-13-16-33(21-32)34-18-19-42(37(38)23-34)58(45)28-50(51,52)53/h10-13,15-16,18-19,21,23,30-31,35,39-41,56H,1-2,14,17,20,22,24-29H2,3-9H3,(H,55,61)/b44-36+,54-12?/t31-,39?,40-,41-/m0/s1. The summed E-state index contributed by atoms with van der Waals surface area (Å²) in [5.74, 6) is -2.38. The molecule has 2 aromatic carbocycles. The second-order valence-electron chi connectivity index (χ2n) is 18.5. The summed E-state index contributed by atoms with van der Waals surface area (Å²) in [4.78, 5) is 60.7. The molecule has 3 aliphatic heterocycles. The third-order valence-electron chi connectivity index (χ3n) is 12.5. The number of hydrogen-bond donors (Lipinski definition) is 2. The molecule has 3 aliphatic rings. The first-order valence-corrected chi connectivity index (χ1v) is 22.5. The number of allylic oxidation sites excluding steroid dienone is 2. The average molecular weight is 917 g/mol. The van der Waals surface area contributed by atoms with Crippen molar-refractivity contribution in [1.29, 1.82) is 0 Å². The third kappa shape index (κ3) is 11.5. The lowest BCUT2D eigenvalue weighted by Crippen LogP contribution is -2.61. The highest BCUT2D eigenvalue weighted by Crippen LogP contribution is 2.41. The Morgan fingerprint density at radius 1 is 1.08 bits per heavy atom. The topological polar surface area (TPSA) is 144 Å². The number of aliphatic imine (C=N–C) groups is 1. The van der Waals surface area contributed by atoms with E-state index in [1.807, 2.05) is 58.0 Å². The van der Waals surface area contributed by atoms with Gasteiger partial charge in [0, 0.05) is 61.3 Å².